The third kappa shape index (κ3) is 3.58. The van der Waals surface area contributed by atoms with Crippen LogP contribution < -0.4 is 0 Å². The van der Waals surface area contributed by atoms with Crippen LogP contribution in [0.4, 0.5) is 4.79 Å². The number of rotatable bonds is 2. The number of carbonyl (C=O) groups excluding carboxylic acids is 1. The Morgan fingerprint density at radius 1 is 1.36 bits per heavy atom. The van der Waals surface area contributed by atoms with E-state index >= 15 is 0 Å². The second-order valence-corrected chi connectivity index (χ2v) is 6.57. The fourth-order valence-corrected chi connectivity index (χ4v) is 2.63. The molecule has 0 aliphatic carbocycles. The Balaban J connectivity index is 2.25. The van der Waals surface area contributed by atoms with E-state index in [0.29, 0.717) is 12.2 Å². The van der Waals surface area contributed by atoms with Gasteiger partial charge in [0.1, 0.15) is 11.3 Å². The summed E-state index contributed by atoms with van der Waals surface area (Å²) in [7, 11) is 1.59. The lowest BCUT2D eigenvalue weighted by Gasteiger charge is -2.35. The van der Waals surface area contributed by atoms with Crippen LogP contribution in [0.1, 0.15) is 62.3 Å². The molecule has 2 rings (SSSR count). The summed E-state index contributed by atoms with van der Waals surface area (Å²) in [6, 6.07) is 1.30. The van der Waals surface area contributed by atoms with Crippen LogP contribution in [0, 0.1) is 0 Å². The van der Waals surface area contributed by atoms with Crippen molar-refractivity contribution in [3.05, 3.63) is 17.5 Å². The van der Waals surface area contributed by atoms with E-state index in [2.05, 4.69) is 5.10 Å². The number of carboxylic acid groups (broad SMARTS) is 1. The van der Waals surface area contributed by atoms with Crippen molar-refractivity contribution < 1.29 is 19.4 Å². The van der Waals surface area contributed by atoms with Gasteiger partial charge in [-0.05, 0) is 46.1 Å². The molecule has 1 N–H and O–H groups in total. The van der Waals surface area contributed by atoms with Crippen LogP contribution in [-0.2, 0) is 11.8 Å². The minimum atomic E-state index is -1.03. The van der Waals surface area contributed by atoms with E-state index < -0.39 is 11.6 Å². The molecule has 2 heterocycles. The molecule has 0 aromatic carbocycles. The molecule has 1 aromatic rings. The highest BCUT2D eigenvalue weighted by Crippen LogP contribution is 2.31. The molecule has 0 spiro atoms. The number of aryl methyl sites for hydroxylation is 1. The highest BCUT2D eigenvalue weighted by molar-refractivity contribution is 5.85. The van der Waals surface area contributed by atoms with E-state index in [9.17, 15) is 9.59 Å². The zero-order valence-electron chi connectivity index (χ0n) is 13.5. The molecule has 1 aliphatic rings. The molecule has 122 valence electrons. The van der Waals surface area contributed by atoms with Gasteiger partial charge in [0, 0.05) is 13.6 Å². The van der Waals surface area contributed by atoms with Crippen LogP contribution in [0.15, 0.2) is 6.07 Å². The van der Waals surface area contributed by atoms with E-state index in [-0.39, 0.29) is 17.8 Å². The van der Waals surface area contributed by atoms with Crippen molar-refractivity contribution in [2.45, 2.75) is 51.7 Å². The maximum Gasteiger partial charge on any atom is 0.410 e. The van der Waals surface area contributed by atoms with Crippen molar-refractivity contribution in [1.29, 1.82) is 0 Å². The molecule has 0 saturated carbocycles. The Kier molecular flexibility index (Phi) is 4.44. The van der Waals surface area contributed by atoms with Crippen LogP contribution in [-0.4, -0.2) is 44.0 Å². The van der Waals surface area contributed by atoms with Crippen molar-refractivity contribution >= 4 is 12.1 Å². The van der Waals surface area contributed by atoms with Crippen LogP contribution in [0.3, 0.4) is 0 Å². The van der Waals surface area contributed by atoms with Crippen molar-refractivity contribution in [2.75, 3.05) is 6.54 Å². The first kappa shape index (κ1) is 16.3. The maximum atomic E-state index is 12.4. The molecule has 1 fully saturated rings. The summed E-state index contributed by atoms with van der Waals surface area (Å²) in [5.41, 5.74) is 0.158. The zero-order chi connectivity index (χ0) is 16.5. The lowest BCUT2D eigenvalue weighted by atomic mass is 10.00. The SMILES string of the molecule is Cn1nc(C2CCCCN2C(=O)OC(C)(C)C)cc1C(=O)O. The molecule has 1 atom stereocenters. The first-order valence-corrected chi connectivity index (χ1v) is 7.46. The van der Waals surface area contributed by atoms with Gasteiger partial charge in [-0.25, -0.2) is 9.59 Å². The number of piperidine rings is 1. The quantitative estimate of drug-likeness (QED) is 0.907. The first-order chi connectivity index (χ1) is 10.2. The Hall–Kier alpha value is -2.05. The van der Waals surface area contributed by atoms with Gasteiger partial charge in [-0.1, -0.05) is 0 Å². The number of likely N-dealkylation sites (tertiary alicyclic amines) is 1. The molecular formula is C15H23N3O4. The van der Waals surface area contributed by atoms with Gasteiger partial charge in [0.05, 0.1) is 11.7 Å². The zero-order valence-corrected chi connectivity index (χ0v) is 13.5. The number of aromatic carboxylic acids is 1. The number of aromatic nitrogens is 2. The van der Waals surface area contributed by atoms with Crippen LogP contribution in [0.25, 0.3) is 0 Å². The summed E-state index contributed by atoms with van der Waals surface area (Å²) >= 11 is 0. The normalized spacial score (nSPS) is 19.1. The highest BCUT2D eigenvalue weighted by Gasteiger charge is 2.33. The molecule has 7 nitrogen and oxygen atoms in total. The van der Waals surface area contributed by atoms with E-state index in [0.717, 1.165) is 19.3 Å². The monoisotopic (exact) mass is 309 g/mol. The number of carbonyl (C=O) groups is 2. The van der Waals surface area contributed by atoms with Crippen LogP contribution in [0.2, 0.25) is 0 Å². The lowest BCUT2D eigenvalue weighted by Crippen LogP contribution is -2.42. The number of carboxylic acids is 1. The predicted molar refractivity (Wildman–Crippen MR) is 79.7 cm³/mol. The Bertz CT molecular complexity index is 574. The summed E-state index contributed by atoms with van der Waals surface area (Å²) in [6.45, 7) is 6.08. The first-order valence-electron chi connectivity index (χ1n) is 7.46. The van der Waals surface area contributed by atoms with Crippen molar-refractivity contribution in [3.63, 3.8) is 0 Å². The molecule has 0 radical (unpaired) electrons. The molecule has 1 unspecified atom stereocenters. The summed E-state index contributed by atoms with van der Waals surface area (Å²) in [5.74, 6) is -1.03. The molecule has 1 saturated heterocycles. The summed E-state index contributed by atoms with van der Waals surface area (Å²) < 4.78 is 6.78. The molecule has 22 heavy (non-hydrogen) atoms. The largest absolute Gasteiger partial charge is 0.477 e. The van der Waals surface area contributed by atoms with Gasteiger partial charge in [0.2, 0.25) is 0 Å². The minimum absolute atomic E-state index is 0.115. The van der Waals surface area contributed by atoms with Gasteiger partial charge >= 0.3 is 12.1 Å². The number of nitrogens with zero attached hydrogens (tertiary/aromatic N) is 3. The third-order valence-electron chi connectivity index (χ3n) is 3.59. The summed E-state index contributed by atoms with van der Waals surface area (Å²) in [4.78, 5) is 25.2. The maximum absolute atomic E-state index is 12.4. The Morgan fingerprint density at radius 2 is 2.05 bits per heavy atom. The minimum Gasteiger partial charge on any atom is -0.477 e. The van der Waals surface area contributed by atoms with Crippen LogP contribution in [0.5, 0.6) is 0 Å². The second-order valence-electron chi connectivity index (χ2n) is 6.57. The van der Waals surface area contributed by atoms with E-state index in [1.54, 1.807) is 11.9 Å². The smallest absolute Gasteiger partial charge is 0.410 e. The summed E-state index contributed by atoms with van der Waals surface area (Å²) in [5, 5.41) is 13.4. The summed E-state index contributed by atoms with van der Waals surface area (Å²) in [6.07, 6.45) is 2.27. The van der Waals surface area contributed by atoms with Gasteiger partial charge in [0.15, 0.2) is 0 Å². The average Bonchev–Trinajstić information content (AvgIpc) is 2.79. The van der Waals surface area contributed by atoms with Gasteiger partial charge < -0.3 is 9.84 Å². The van der Waals surface area contributed by atoms with Crippen LogP contribution >= 0.6 is 0 Å². The van der Waals surface area contributed by atoms with Gasteiger partial charge in [-0.15, -0.1) is 0 Å². The second kappa shape index (κ2) is 5.98. The number of hydrogen-bond acceptors (Lipinski definition) is 4. The highest BCUT2D eigenvalue weighted by atomic mass is 16.6. The number of amides is 1. The van der Waals surface area contributed by atoms with Crippen molar-refractivity contribution in [3.8, 4) is 0 Å². The number of hydrogen-bond donors (Lipinski definition) is 1. The van der Waals surface area contributed by atoms with E-state index in [1.165, 1.54) is 10.7 Å². The van der Waals surface area contributed by atoms with Gasteiger partial charge in [0.25, 0.3) is 0 Å². The Labute approximate surface area is 129 Å². The number of ether oxygens (including phenoxy) is 1. The molecular weight excluding hydrogens is 286 g/mol. The Morgan fingerprint density at radius 3 is 2.59 bits per heavy atom. The topological polar surface area (TPSA) is 84.7 Å². The molecule has 1 amide bonds. The fourth-order valence-electron chi connectivity index (χ4n) is 2.63. The van der Waals surface area contributed by atoms with Crippen molar-refractivity contribution in [1.82, 2.24) is 14.7 Å². The van der Waals surface area contributed by atoms with E-state index in [1.807, 2.05) is 20.8 Å². The van der Waals surface area contributed by atoms with Crippen molar-refractivity contribution in [2.24, 2.45) is 7.05 Å². The van der Waals surface area contributed by atoms with Gasteiger partial charge in [-0.2, -0.15) is 5.10 Å². The fraction of sp³-hybridized carbons (Fsp3) is 0.667. The molecule has 7 heteroatoms. The molecule has 0 bridgehead atoms. The molecule has 1 aromatic heterocycles. The third-order valence-corrected chi connectivity index (χ3v) is 3.59. The van der Waals surface area contributed by atoms with Gasteiger partial charge in [-0.3, -0.25) is 9.58 Å². The average molecular weight is 309 g/mol. The van der Waals surface area contributed by atoms with E-state index in [4.69, 9.17) is 9.84 Å². The predicted octanol–water partition coefficient (Wildman–Crippen LogP) is 2.58. The molecule has 1 aliphatic heterocycles. The standard InChI is InChI=1S/C15H23N3O4/c1-15(2,3)22-14(21)18-8-6-5-7-11(18)10-9-12(13(19)20)17(4)16-10/h9,11H,5-8H2,1-4H3,(H,19,20). The lowest BCUT2D eigenvalue weighted by molar-refractivity contribution is 0.00893.